The molecule has 0 amide bonds. The van der Waals surface area contributed by atoms with E-state index in [0.717, 1.165) is 0 Å². The second kappa shape index (κ2) is 6.91. The zero-order chi connectivity index (χ0) is 15.3. The van der Waals surface area contributed by atoms with Gasteiger partial charge in [-0.25, -0.2) is 12.8 Å². The van der Waals surface area contributed by atoms with Crippen LogP contribution >= 0.6 is 11.6 Å². The molecule has 0 aliphatic rings. The fourth-order valence-corrected chi connectivity index (χ4v) is 2.73. The molecular weight excluding hydrogens is 303 g/mol. The van der Waals surface area contributed by atoms with Gasteiger partial charge in [-0.2, -0.15) is 5.26 Å². The van der Waals surface area contributed by atoms with Crippen molar-refractivity contribution in [2.24, 2.45) is 0 Å². The van der Waals surface area contributed by atoms with E-state index in [1.165, 1.54) is 23.1 Å². The second-order valence-electron chi connectivity index (χ2n) is 4.62. The highest BCUT2D eigenvalue weighted by molar-refractivity contribution is 7.91. The van der Waals surface area contributed by atoms with E-state index in [1.807, 2.05) is 6.19 Å². The lowest BCUT2D eigenvalue weighted by Gasteiger charge is -2.16. The van der Waals surface area contributed by atoms with Gasteiger partial charge in [0.25, 0.3) is 0 Å². The van der Waals surface area contributed by atoms with Crippen molar-refractivity contribution < 1.29 is 12.8 Å². The average Bonchev–Trinajstić information content (AvgIpc) is 2.38. The first kappa shape index (κ1) is 16.7. The Morgan fingerprint density at radius 3 is 2.60 bits per heavy atom. The number of sulfone groups is 1. The highest BCUT2D eigenvalue weighted by Gasteiger charge is 2.16. The second-order valence-corrected chi connectivity index (χ2v) is 7.70. The Labute approximate surface area is 123 Å². The monoisotopic (exact) mass is 318 g/mol. The van der Waals surface area contributed by atoms with E-state index >= 15 is 0 Å². The topological polar surface area (TPSA) is 61.2 Å². The maximum absolute atomic E-state index is 13.1. The molecule has 1 rings (SSSR count). The Hall–Kier alpha value is -1.32. The summed E-state index contributed by atoms with van der Waals surface area (Å²) in [6.07, 6.45) is 2.26. The van der Waals surface area contributed by atoms with Gasteiger partial charge in [0.1, 0.15) is 5.82 Å². The van der Waals surface area contributed by atoms with Gasteiger partial charge < -0.3 is 0 Å². The third-order valence-corrected chi connectivity index (χ3v) is 5.45. The van der Waals surface area contributed by atoms with Gasteiger partial charge in [0.05, 0.1) is 21.7 Å². The van der Waals surface area contributed by atoms with Gasteiger partial charge in [0, 0.05) is 6.54 Å². The van der Waals surface area contributed by atoms with Crippen LogP contribution in [-0.4, -0.2) is 26.0 Å². The minimum absolute atomic E-state index is 0.0117. The molecule has 0 aliphatic carbocycles. The third kappa shape index (κ3) is 4.36. The summed E-state index contributed by atoms with van der Waals surface area (Å²) in [5.41, 5.74) is 0.445. The van der Waals surface area contributed by atoms with Crippen molar-refractivity contribution in [1.82, 2.24) is 0 Å². The molecule has 110 valence electrons. The SMILES string of the molecule is CC(C)S(=O)(=O)CCCN(C#N)c1ccc(F)c(Cl)c1. The van der Waals surface area contributed by atoms with Crippen LogP contribution < -0.4 is 4.90 Å². The summed E-state index contributed by atoms with van der Waals surface area (Å²) in [7, 11) is -3.12. The fourth-order valence-electron chi connectivity index (χ4n) is 1.55. The van der Waals surface area contributed by atoms with Crippen LogP contribution in [0.3, 0.4) is 0 Å². The molecule has 1 aromatic carbocycles. The van der Waals surface area contributed by atoms with Crippen molar-refractivity contribution in [2.45, 2.75) is 25.5 Å². The van der Waals surface area contributed by atoms with Crippen molar-refractivity contribution in [3.05, 3.63) is 29.0 Å². The Balaban J connectivity index is 2.70. The Morgan fingerprint density at radius 2 is 2.10 bits per heavy atom. The van der Waals surface area contributed by atoms with Crippen molar-refractivity contribution in [2.75, 3.05) is 17.2 Å². The molecule has 20 heavy (non-hydrogen) atoms. The number of rotatable bonds is 6. The molecule has 0 saturated carbocycles. The molecule has 0 spiro atoms. The molecule has 0 heterocycles. The lowest BCUT2D eigenvalue weighted by molar-refractivity contribution is 0.584. The van der Waals surface area contributed by atoms with E-state index < -0.39 is 20.9 Å². The van der Waals surface area contributed by atoms with Crippen molar-refractivity contribution in [1.29, 1.82) is 5.26 Å². The molecule has 0 aromatic heterocycles. The Kier molecular flexibility index (Phi) is 5.78. The van der Waals surface area contributed by atoms with Crippen LogP contribution in [0, 0.1) is 17.3 Å². The fraction of sp³-hybridized carbons (Fsp3) is 0.462. The minimum atomic E-state index is -3.12. The summed E-state index contributed by atoms with van der Waals surface area (Å²) >= 11 is 5.66. The van der Waals surface area contributed by atoms with Crippen LogP contribution in [0.4, 0.5) is 10.1 Å². The van der Waals surface area contributed by atoms with Crippen molar-refractivity contribution >= 4 is 27.1 Å². The number of nitriles is 1. The zero-order valence-corrected chi connectivity index (χ0v) is 12.9. The zero-order valence-electron chi connectivity index (χ0n) is 11.3. The highest BCUT2D eigenvalue weighted by atomic mass is 35.5. The molecular formula is C13H16ClFN2O2S. The van der Waals surface area contributed by atoms with Gasteiger partial charge in [0.2, 0.25) is 0 Å². The number of nitrogens with zero attached hydrogens (tertiary/aromatic N) is 2. The molecule has 1 aromatic rings. The number of benzene rings is 1. The van der Waals surface area contributed by atoms with Gasteiger partial charge >= 0.3 is 0 Å². The van der Waals surface area contributed by atoms with Crippen LogP contribution in [0.2, 0.25) is 5.02 Å². The molecule has 4 nitrogen and oxygen atoms in total. The molecule has 0 N–H and O–H groups in total. The quantitative estimate of drug-likeness (QED) is 0.597. The molecule has 0 saturated heterocycles. The normalized spacial score (nSPS) is 11.4. The first-order chi connectivity index (χ1) is 9.27. The van der Waals surface area contributed by atoms with E-state index in [-0.39, 0.29) is 17.3 Å². The molecule has 0 bridgehead atoms. The number of hydrogen-bond donors (Lipinski definition) is 0. The smallest absolute Gasteiger partial charge is 0.184 e. The minimum Gasteiger partial charge on any atom is -0.279 e. The van der Waals surface area contributed by atoms with E-state index in [0.29, 0.717) is 12.1 Å². The summed E-state index contributed by atoms with van der Waals surface area (Å²) in [4.78, 5) is 1.29. The molecule has 0 radical (unpaired) electrons. The van der Waals surface area contributed by atoms with Gasteiger partial charge in [0.15, 0.2) is 16.0 Å². The lowest BCUT2D eigenvalue weighted by Crippen LogP contribution is -2.23. The average molecular weight is 319 g/mol. The maximum Gasteiger partial charge on any atom is 0.184 e. The first-order valence-electron chi connectivity index (χ1n) is 6.12. The van der Waals surface area contributed by atoms with Gasteiger partial charge in [-0.15, -0.1) is 0 Å². The van der Waals surface area contributed by atoms with Gasteiger partial charge in [-0.05, 0) is 38.5 Å². The van der Waals surface area contributed by atoms with Crippen molar-refractivity contribution in [3.8, 4) is 6.19 Å². The van der Waals surface area contributed by atoms with E-state index in [1.54, 1.807) is 13.8 Å². The lowest BCUT2D eigenvalue weighted by atomic mass is 10.3. The van der Waals surface area contributed by atoms with Crippen LogP contribution in [0.1, 0.15) is 20.3 Å². The number of halogens is 2. The number of anilines is 1. The van der Waals surface area contributed by atoms with E-state index in [2.05, 4.69) is 0 Å². The van der Waals surface area contributed by atoms with Crippen molar-refractivity contribution in [3.63, 3.8) is 0 Å². The van der Waals surface area contributed by atoms with E-state index in [9.17, 15) is 12.8 Å². The van der Waals surface area contributed by atoms with Crippen LogP contribution in [0.5, 0.6) is 0 Å². The van der Waals surface area contributed by atoms with Crippen LogP contribution in [0.15, 0.2) is 18.2 Å². The maximum atomic E-state index is 13.1. The standard InChI is InChI=1S/C13H16ClFN2O2S/c1-10(2)20(18,19)7-3-6-17(9-16)11-4-5-13(15)12(14)8-11/h4-5,8,10H,3,6-7H2,1-2H3. The summed E-state index contributed by atoms with van der Waals surface area (Å²) < 4.78 is 36.4. The molecule has 0 atom stereocenters. The molecule has 0 aliphatic heterocycles. The largest absolute Gasteiger partial charge is 0.279 e. The molecule has 0 fully saturated rings. The summed E-state index contributed by atoms with van der Waals surface area (Å²) in [6.45, 7) is 3.48. The Bertz CT molecular complexity index is 611. The highest BCUT2D eigenvalue weighted by Crippen LogP contribution is 2.22. The number of hydrogen-bond acceptors (Lipinski definition) is 4. The first-order valence-corrected chi connectivity index (χ1v) is 8.21. The summed E-state index contributed by atoms with van der Waals surface area (Å²) in [5.74, 6) is -0.548. The predicted molar refractivity (Wildman–Crippen MR) is 77.9 cm³/mol. The summed E-state index contributed by atoms with van der Waals surface area (Å²) in [6, 6.07) is 3.95. The molecule has 0 unspecified atom stereocenters. The molecule has 7 heteroatoms. The van der Waals surface area contributed by atoms with Crippen LogP contribution in [0.25, 0.3) is 0 Å². The Morgan fingerprint density at radius 1 is 1.45 bits per heavy atom. The van der Waals surface area contributed by atoms with E-state index in [4.69, 9.17) is 16.9 Å². The third-order valence-electron chi connectivity index (χ3n) is 2.86. The van der Waals surface area contributed by atoms with Gasteiger partial charge in [-0.3, -0.25) is 4.90 Å². The predicted octanol–water partition coefficient (Wildman–Crippen LogP) is 2.98. The summed E-state index contributed by atoms with van der Waals surface area (Å²) in [5, 5.41) is 8.56. The van der Waals surface area contributed by atoms with Crippen LogP contribution in [-0.2, 0) is 9.84 Å². The van der Waals surface area contributed by atoms with Gasteiger partial charge in [-0.1, -0.05) is 11.6 Å².